The molecule has 1 aromatic heterocycles. The molecule has 3 N–H and O–H groups in total. The van der Waals surface area contributed by atoms with Gasteiger partial charge < -0.3 is 20.6 Å². The molecule has 0 saturated carbocycles. The molecule has 2 fully saturated rings. The van der Waals surface area contributed by atoms with Crippen molar-refractivity contribution < 1.29 is 31.9 Å². The molecule has 9 nitrogen and oxygen atoms in total. The van der Waals surface area contributed by atoms with Crippen molar-refractivity contribution in [1.82, 2.24) is 19.8 Å². The van der Waals surface area contributed by atoms with Crippen LogP contribution in [0.5, 0.6) is 0 Å². The molecule has 1 aromatic carbocycles. The van der Waals surface area contributed by atoms with E-state index in [4.69, 9.17) is 11.6 Å². The lowest BCUT2D eigenvalue weighted by Crippen LogP contribution is -2.62. The molecule has 2 saturated heterocycles. The van der Waals surface area contributed by atoms with Crippen molar-refractivity contribution in [3.8, 4) is 0 Å². The van der Waals surface area contributed by atoms with Gasteiger partial charge in [0.2, 0.25) is 11.8 Å². The Kier molecular flexibility index (Phi) is 10.2. The Bertz CT molecular complexity index is 1310. The SMILES string of the molecule is CCCCN1CC(C(=O)NC(Cc2cc(F)cc(F)c2)[C@H](O)[C@H]2CN(S(=O)(=O)c3ccc(Cl)s3)CCN2)CC1=O. The number of piperazine rings is 1. The van der Waals surface area contributed by atoms with Gasteiger partial charge in [0.1, 0.15) is 15.8 Å². The molecule has 4 rings (SSSR count). The van der Waals surface area contributed by atoms with Crippen molar-refractivity contribution in [1.29, 1.82) is 0 Å². The molecule has 40 heavy (non-hydrogen) atoms. The van der Waals surface area contributed by atoms with E-state index in [0.717, 1.165) is 42.4 Å². The third-order valence-corrected chi connectivity index (χ3v) is 10.8. The lowest BCUT2D eigenvalue weighted by atomic mass is 9.94. The van der Waals surface area contributed by atoms with E-state index in [1.807, 2.05) is 6.92 Å². The summed E-state index contributed by atoms with van der Waals surface area (Å²) in [6, 6.07) is 4.06. The summed E-state index contributed by atoms with van der Waals surface area (Å²) >= 11 is 6.87. The van der Waals surface area contributed by atoms with Gasteiger partial charge in [0.25, 0.3) is 10.0 Å². The number of carbonyl (C=O) groups excluding carboxylic acids is 2. The number of halogens is 3. The number of amides is 2. The fourth-order valence-electron chi connectivity index (χ4n) is 5.09. The first kappa shape index (κ1) is 30.8. The van der Waals surface area contributed by atoms with E-state index in [9.17, 15) is 31.9 Å². The van der Waals surface area contributed by atoms with Crippen LogP contribution in [0.3, 0.4) is 0 Å². The zero-order valence-corrected chi connectivity index (χ0v) is 24.4. The second-order valence-electron chi connectivity index (χ2n) is 10.2. The molecule has 0 bridgehead atoms. The number of hydrogen-bond donors (Lipinski definition) is 3. The van der Waals surface area contributed by atoms with Crippen molar-refractivity contribution in [2.45, 2.75) is 55.0 Å². The maximum Gasteiger partial charge on any atom is 0.252 e. The number of benzene rings is 1. The molecule has 3 heterocycles. The summed E-state index contributed by atoms with van der Waals surface area (Å²) in [4.78, 5) is 27.3. The first-order valence-corrected chi connectivity index (χ1v) is 15.8. The van der Waals surface area contributed by atoms with Gasteiger partial charge in [-0.25, -0.2) is 17.2 Å². The number of nitrogens with zero attached hydrogens (tertiary/aromatic N) is 2. The quantitative estimate of drug-likeness (QED) is 0.356. The van der Waals surface area contributed by atoms with E-state index < -0.39 is 51.7 Å². The number of sulfonamides is 1. The van der Waals surface area contributed by atoms with Crippen LogP contribution in [-0.4, -0.2) is 85.5 Å². The summed E-state index contributed by atoms with van der Waals surface area (Å²) in [7, 11) is -3.87. The van der Waals surface area contributed by atoms with Crippen LogP contribution in [0.1, 0.15) is 31.7 Å². The van der Waals surface area contributed by atoms with Crippen molar-refractivity contribution in [3.05, 3.63) is 51.9 Å². The molecular formula is C26H33ClF2N4O5S2. The molecule has 0 aliphatic carbocycles. The number of unbranched alkanes of at least 4 members (excludes halogenated alkanes) is 1. The highest BCUT2D eigenvalue weighted by atomic mass is 35.5. The van der Waals surface area contributed by atoms with Gasteiger partial charge in [-0.05, 0) is 42.7 Å². The lowest BCUT2D eigenvalue weighted by molar-refractivity contribution is -0.129. The first-order chi connectivity index (χ1) is 19.0. The normalized spacial score (nSPS) is 21.9. The highest BCUT2D eigenvalue weighted by molar-refractivity contribution is 7.91. The summed E-state index contributed by atoms with van der Waals surface area (Å²) in [6.07, 6.45) is 0.308. The predicted molar refractivity (Wildman–Crippen MR) is 147 cm³/mol. The van der Waals surface area contributed by atoms with E-state index in [0.29, 0.717) is 10.9 Å². The minimum atomic E-state index is -3.87. The third kappa shape index (κ3) is 7.37. The molecule has 4 atom stereocenters. The Morgan fingerprint density at radius 3 is 2.62 bits per heavy atom. The first-order valence-electron chi connectivity index (χ1n) is 13.2. The molecule has 2 aliphatic heterocycles. The van der Waals surface area contributed by atoms with Crippen LogP contribution in [0.4, 0.5) is 8.78 Å². The third-order valence-electron chi connectivity index (χ3n) is 7.21. The van der Waals surface area contributed by atoms with Crippen LogP contribution < -0.4 is 10.6 Å². The van der Waals surface area contributed by atoms with Gasteiger partial charge in [0, 0.05) is 51.3 Å². The molecule has 0 radical (unpaired) electrons. The van der Waals surface area contributed by atoms with Crippen LogP contribution in [-0.2, 0) is 26.0 Å². The van der Waals surface area contributed by atoms with Gasteiger partial charge in [-0.15, -0.1) is 11.3 Å². The molecule has 0 spiro atoms. The maximum atomic E-state index is 13.9. The highest BCUT2D eigenvalue weighted by Gasteiger charge is 2.39. The average Bonchev–Trinajstić information content (AvgIpc) is 3.52. The highest BCUT2D eigenvalue weighted by Crippen LogP contribution is 2.29. The number of thiophene rings is 1. The zero-order valence-electron chi connectivity index (χ0n) is 22.0. The van der Waals surface area contributed by atoms with Gasteiger partial charge >= 0.3 is 0 Å². The summed E-state index contributed by atoms with van der Waals surface area (Å²) < 4.78 is 55.9. The van der Waals surface area contributed by atoms with Gasteiger partial charge in [0.15, 0.2) is 0 Å². The topological polar surface area (TPSA) is 119 Å². The predicted octanol–water partition coefficient (Wildman–Crippen LogP) is 2.38. The number of aliphatic hydroxyl groups is 1. The largest absolute Gasteiger partial charge is 0.389 e. The Morgan fingerprint density at radius 2 is 1.98 bits per heavy atom. The van der Waals surface area contributed by atoms with E-state index in [-0.39, 0.29) is 54.7 Å². The van der Waals surface area contributed by atoms with Crippen LogP contribution in [0, 0.1) is 17.6 Å². The summed E-state index contributed by atoms with van der Waals surface area (Å²) in [5.41, 5.74) is 0.211. The number of rotatable bonds is 11. The zero-order chi connectivity index (χ0) is 29.0. The summed E-state index contributed by atoms with van der Waals surface area (Å²) in [5, 5.41) is 17.3. The minimum absolute atomic E-state index is 0.0318. The smallest absolute Gasteiger partial charge is 0.252 e. The van der Waals surface area contributed by atoms with Gasteiger partial charge in [-0.3, -0.25) is 9.59 Å². The number of nitrogens with one attached hydrogen (secondary N) is 2. The van der Waals surface area contributed by atoms with Crippen molar-refractivity contribution in [2.75, 3.05) is 32.7 Å². The Balaban J connectivity index is 1.52. The van der Waals surface area contributed by atoms with E-state index in [1.54, 1.807) is 4.90 Å². The number of hydrogen-bond acceptors (Lipinski definition) is 7. The van der Waals surface area contributed by atoms with Crippen molar-refractivity contribution >= 4 is 44.8 Å². The monoisotopic (exact) mass is 618 g/mol. The second-order valence-corrected chi connectivity index (χ2v) is 14.0. The number of aliphatic hydroxyl groups excluding tert-OH is 1. The lowest BCUT2D eigenvalue weighted by Gasteiger charge is -2.38. The fraction of sp³-hybridized carbons (Fsp3) is 0.538. The standard InChI is InChI=1S/C26H33ClF2N4O5S2/c1-2-3-7-32-14-17(12-23(32)34)26(36)31-20(11-16-9-18(28)13-19(29)10-16)25(35)21-15-33(8-6-30-21)40(37,38)24-5-4-22(27)39-24/h4-5,9-10,13,17,20-21,25,30,35H,2-3,6-8,11-12,14-15H2,1H3,(H,31,36)/t17?,20?,21-,25+/m1/s1. The summed E-state index contributed by atoms with van der Waals surface area (Å²) in [6.45, 7) is 3.10. The Morgan fingerprint density at radius 1 is 1.25 bits per heavy atom. The van der Waals surface area contributed by atoms with Gasteiger partial charge in [-0.2, -0.15) is 4.31 Å². The van der Waals surface area contributed by atoms with Crippen molar-refractivity contribution in [2.24, 2.45) is 5.92 Å². The van der Waals surface area contributed by atoms with E-state index >= 15 is 0 Å². The molecule has 2 aliphatic rings. The number of likely N-dealkylation sites (tertiary alicyclic amines) is 1. The Hall–Kier alpha value is -2.16. The fourth-order valence-corrected chi connectivity index (χ4v) is 8.20. The van der Waals surface area contributed by atoms with E-state index in [1.165, 1.54) is 16.4 Å². The molecule has 14 heteroatoms. The van der Waals surface area contributed by atoms with Crippen LogP contribution >= 0.6 is 22.9 Å². The summed E-state index contributed by atoms with van der Waals surface area (Å²) in [5.74, 6) is -2.82. The second kappa shape index (κ2) is 13.2. The van der Waals surface area contributed by atoms with E-state index in [2.05, 4.69) is 10.6 Å². The number of carbonyl (C=O) groups is 2. The molecule has 2 aromatic rings. The van der Waals surface area contributed by atoms with Crippen LogP contribution in [0.2, 0.25) is 4.34 Å². The van der Waals surface area contributed by atoms with Gasteiger partial charge in [-0.1, -0.05) is 24.9 Å². The molecule has 2 unspecified atom stereocenters. The van der Waals surface area contributed by atoms with Crippen LogP contribution in [0.25, 0.3) is 0 Å². The maximum absolute atomic E-state index is 13.9. The molecular weight excluding hydrogens is 586 g/mol. The minimum Gasteiger partial charge on any atom is -0.389 e. The average molecular weight is 619 g/mol. The molecule has 220 valence electrons. The molecule has 2 amide bonds. The Labute approximate surface area is 241 Å². The van der Waals surface area contributed by atoms with Crippen molar-refractivity contribution in [3.63, 3.8) is 0 Å². The van der Waals surface area contributed by atoms with Gasteiger partial charge in [0.05, 0.1) is 22.4 Å². The van der Waals surface area contributed by atoms with Crippen LogP contribution in [0.15, 0.2) is 34.5 Å².